The fraction of sp³-hybridized carbons (Fsp3) is 0.464. The van der Waals surface area contributed by atoms with Crippen molar-refractivity contribution in [2.24, 2.45) is 11.8 Å². The van der Waals surface area contributed by atoms with Gasteiger partial charge in [0.2, 0.25) is 5.91 Å². The van der Waals surface area contributed by atoms with Crippen molar-refractivity contribution in [2.75, 3.05) is 13.2 Å². The number of hydrogen-bond acceptors (Lipinski definition) is 4. The smallest absolute Gasteiger partial charge is 0.407 e. The number of carbonyl (C=O) groups excluding carboxylic acids is 2. The summed E-state index contributed by atoms with van der Waals surface area (Å²) in [4.78, 5) is 35.9. The van der Waals surface area contributed by atoms with E-state index in [9.17, 15) is 14.4 Å². The molecule has 0 aromatic heterocycles. The summed E-state index contributed by atoms with van der Waals surface area (Å²) in [7, 11) is 0. The van der Waals surface area contributed by atoms with Crippen molar-refractivity contribution in [3.05, 3.63) is 59.7 Å². The van der Waals surface area contributed by atoms with Crippen LogP contribution in [0.25, 0.3) is 11.1 Å². The van der Waals surface area contributed by atoms with Gasteiger partial charge in [0.15, 0.2) is 0 Å². The van der Waals surface area contributed by atoms with E-state index in [-0.39, 0.29) is 30.4 Å². The van der Waals surface area contributed by atoms with Gasteiger partial charge < -0.3 is 20.5 Å². The average Bonchev–Trinajstić information content (AvgIpc) is 3.42. The minimum atomic E-state index is -0.815. The first-order valence-corrected chi connectivity index (χ1v) is 12.5. The monoisotopic (exact) mass is 478 g/mol. The highest BCUT2D eigenvalue weighted by Gasteiger charge is 2.32. The first-order chi connectivity index (χ1) is 16.9. The number of carboxylic acid groups (broad SMARTS) is 1. The van der Waals surface area contributed by atoms with Crippen LogP contribution in [-0.2, 0) is 14.3 Å². The molecule has 2 aliphatic rings. The highest BCUT2D eigenvalue weighted by molar-refractivity contribution is 5.79. The van der Waals surface area contributed by atoms with E-state index >= 15 is 0 Å². The second-order valence-electron chi connectivity index (χ2n) is 9.70. The van der Waals surface area contributed by atoms with Gasteiger partial charge in [-0.15, -0.1) is 0 Å². The summed E-state index contributed by atoms with van der Waals surface area (Å²) < 4.78 is 5.68. The Hall–Kier alpha value is -3.35. The van der Waals surface area contributed by atoms with Crippen LogP contribution in [0.5, 0.6) is 0 Å². The molecule has 2 amide bonds. The van der Waals surface area contributed by atoms with Crippen LogP contribution in [0.3, 0.4) is 0 Å². The molecule has 2 aromatic carbocycles. The Morgan fingerprint density at radius 1 is 1.03 bits per heavy atom. The predicted molar refractivity (Wildman–Crippen MR) is 133 cm³/mol. The lowest BCUT2D eigenvalue weighted by Gasteiger charge is -2.21. The van der Waals surface area contributed by atoms with Gasteiger partial charge in [0.25, 0.3) is 0 Å². The summed E-state index contributed by atoms with van der Waals surface area (Å²) in [5.41, 5.74) is 4.73. The third-order valence-electron chi connectivity index (χ3n) is 7.31. The summed E-state index contributed by atoms with van der Waals surface area (Å²) >= 11 is 0. The molecule has 0 heterocycles. The number of carbonyl (C=O) groups is 3. The minimum Gasteiger partial charge on any atom is -0.481 e. The number of aliphatic carboxylic acids is 1. The Balaban J connectivity index is 1.24. The molecule has 35 heavy (non-hydrogen) atoms. The van der Waals surface area contributed by atoms with Crippen molar-refractivity contribution in [1.29, 1.82) is 0 Å². The third-order valence-corrected chi connectivity index (χ3v) is 7.31. The van der Waals surface area contributed by atoms with Crippen LogP contribution >= 0.6 is 0 Å². The molecule has 1 saturated carbocycles. The van der Waals surface area contributed by atoms with Gasteiger partial charge in [0.1, 0.15) is 6.61 Å². The number of ether oxygens (including phenoxy) is 1. The van der Waals surface area contributed by atoms with E-state index in [1.165, 1.54) is 22.3 Å². The second-order valence-corrected chi connectivity index (χ2v) is 9.70. The summed E-state index contributed by atoms with van der Waals surface area (Å²) in [6.45, 7) is 2.41. The van der Waals surface area contributed by atoms with E-state index in [1.54, 1.807) is 6.92 Å². The molecule has 7 heteroatoms. The van der Waals surface area contributed by atoms with Gasteiger partial charge in [-0.1, -0.05) is 61.9 Å². The Morgan fingerprint density at radius 2 is 1.69 bits per heavy atom. The molecule has 7 nitrogen and oxygen atoms in total. The maximum atomic E-state index is 12.7. The molecule has 0 aliphatic heterocycles. The zero-order chi connectivity index (χ0) is 24.8. The lowest BCUT2D eigenvalue weighted by atomic mass is 9.98. The lowest BCUT2D eigenvalue weighted by molar-refractivity contribution is -0.141. The van der Waals surface area contributed by atoms with Crippen LogP contribution < -0.4 is 10.6 Å². The van der Waals surface area contributed by atoms with Crippen molar-refractivity contribution in [1.82, 2.24) is 10.6 Å². The lowest BCUT2D eigenvalue weighted by Crippen LogP contribution is -2.40. The quantitative estimate of drug-likeness (QED) is 0.429. The van der Waals surface area contributed by atoms with Gasteiger partial charge in [-0.25, -0.2) is 4.79 Å². The molecule has 4 rings (SSSR count). The third kappa shape index (κ3) is 6.02. The van der Waals surface area contributed by atoms with Crippen LogP contribution in [0.4, 0.5) is 4.79 Å². The molecule has 0 saturated heterocycles. The van der Waals surface area contributed by atoms with E-state index in [4.69, 9.17) is 9.84 Å². The van der Waals surface area contributed by atoms with Gasteiger partial charge in [0.05, 0.1) is 5.92 Å². The van der Waals surface area contributed by atoms with Crippen molar-refractivity contribution in [3.8, 4) is 11.1 Å². The van der Waals surface area contributed by atoms with E-state index < -0.39 is 18.0 Å². The van der Waals surface area contributed by atoms with Crippen LogP contribution in [-0.4, -0.2) is 42.3 Å². The van der Waals surface area contributed by atoms with Gasteiger partial charge in [-0.3, -0.25) is 9.59 Å². The molecular weight excluding hydrogens is 444 g/mol. The molecule has 0 bridgehead atoms. The number of nitrogens with one attached hydrogen (secondary N) is 2. The summed E-state index contributed by atoms with van der Waals surface area (Å²) in [5.74, 6) is -1.19. The number of amides is 2. The number of carboxylic acids is 1. The first kappa shape index (κ1) is 24.8. The van der Waals surface area contributed by atoms with Crippen molar-refractivity contribution in [3.63, 3.8) is 0 Å². The van der Waals surface area contributed by atoms with E-state index in [0.29, 0.717) is 25.8 Å². The molecule has 3 N–H and O–H groups in total. The maximum Gasteiger partial charge on any atom is 0.407 e. The second kappa shape index (κ2) is 11.4. The number of alkyl carbamates (subject to hydrolysis) is 1. The van der Waals surface area contributed by atoms with E-state index in [1.807, 2.05) is 24.3 Å². The number of fused-ring (bicyclic) bond motifs is 3. The molecule has 3 unspecified atom stereocenters. The summed E-state index contributed by atoms with van der Waals surface area (Å²) in [5, 5.41) is 14.8. The molecule has 0 spiro atoms. The Morgan fingerprint density at radius 3 is 2.34 bits per heavy atom. The van der Waals surface area contributed by atoms with E-state index in [0.717, 1.165) is 19.3 Å². The molecule has 2 aliphatic carbocycles. The Kier molecular flexibility index (Phi) is 8.06. The predicted octanol–water partition coefficient (Wildman–Crippen LogP) is 4.70. The zero-order valence-corrected chi connectivity index (χ0v) is 20.2. The van der Waals surface area contributed by atoms with Crippen LogP contribution in [0.2, 0.25) is 0 Å². The first-order valence-electron chi connectivity index (χ1n) is 12.5. The molecule has 0 radical (unpaired) electrons. The van der Waals surface area contributed by atoms with Crippen LogP contribution in [0.1, 0.15) is 62.5 Å². The standard InChI is InChI=1S/C28H34N2O5/c1-18(27(32)33)8-7-15-29-26(31)16-19-9-6-14-25(19)30-28(34)35-17-24-22-12-4-2-10-20(22)21-11-3-5-13-23(21)24/h2-5,10-13,18-19,24-25H,6-9,14-17H2,1H3,(H,29,31)(H,30,34)(H,32,33). The van der Waals surface area contributed by atoms with Gasteiger partial charge in [-0.2, -0.15) is 0 Å². The molecule has 3 atom stereocenters. The highest BCUT2D eigenvalue weighted by Crippen LogP contribution is 2.44. The van der Waals surface area contributed by atoms with Crippen LogP contribution in [0, 0.1) is 11.8 Å². The molecule has 2 aromatic rings. The Labute approximate surface area is 206 Å². The van der Waals surface area contributed by atoms with Crippen molar-refractivity contribution in [2.45, 2.75) is 57.4 Å². The van der Waals surface area contributed by atoms with Gasteiger partial charge >= 0.3 is 12.1 Å². The van der Waals surface area contributed by atoms with Crippen molar-refractivity contribution < 1.29 is 24.2 Å². The topological polar surface area (TPSA) is 105 Å². The normalized spacial score (nSPS) is 19.5. The fourth-order valence-electron chi connectivity index (χ4n) is 5.33. The largest absolute Gasteiger partial charge is 0.481 e. The molecule has 186 valence electrons. The number of benzene rings is 2. The molecule has 1 fully saturated rings. The SMILES string of the molecule is CC(CCCNC(=O)CC1CCCC1NC(=O)OCC1c2ccccc2-c2ccccc21)C(=O)O. The zero-order valence-electron chi connectivity index (χ0n) is 20.2. The number of rotatable bonds is 10. The number of hydrogen-bond donors (Lipinski definition) is 3. The summed E-state index contributed by atoms with van der Waals surface area (Å²) in [6, 6.07) is 16.4. The molecular formula is C28H34N2O5. The summed E-state index contributed by atoms with van der Waals surface area (Å²) in [6.07, 6.45) is 3.75. The van der Waals surface area contributed by atoms with Crippen LogP contribution in [0.15, 0.2) is 48.5 Å². The maximum absolute atomic E-state index is 12.7. The average molecular weight is 479 g/mol. The fourth-order valence-corrected chi connectivity index (χ4v) is 5.33. The van der Waals surface area contributed by atoms with Gasteiger partial charge in [0, 0.05) is 24.9 Å². The minimum absolute atomic E-state index is 0.0159. The van der Waals surface area contributed by atoms with Gasteiger partial charge in [-0.05, 0) is 53.9 Å². The highest BCUT2D eigenvalue weighted by atomic mass is 16.5. The van der Waals surface area contributed by atoms with Crippen molar-refractivity contribution >= 4 is 18.0 Å². The van der Waals surface area contributed by atoms with E-state index in [2.05, 4.69) is 34.9 Å². The Bertz CT molecular complexity index is 1020.